The van der Waals surface area contributed by atoms with Crippen LogP contribution in [0, 0.1) is 0 Å². The molecule has 0 radical (unpaired) electrons. The van der Waals surface area contributed by atoms with Crippen LogP contribution in [0.5, 0.6) is 0 Å². The number of thiocarbonyl (C=S) groups is 1. The SMILES string of the molecule is CN1C(=O)C(=Cc2ccccn2)NC1=S. The number of likely N-dealkylation sites (N-methyl/N-ethyl adjacent to an activating group) is 1. The maximum Gasteiger partial charge on any atom is 0.276 e. The lowest BCUT2D eigenvalue weighted by Crippen LogP contribution is -2.25. The summed E-state index contributed by atoms with van der Waals surface area (Å²) in [6, 6.07) is 5.51. The molecule has 1 fully saturated rings. The highest BCUT2D eigenvalue weighted by atomic mass is 32.1. The van der Waals surface area contributed by atoms with Crippen molar-refractivity contribution in [3.8, 4) is 0 Å². The smallest absolute Gasteiger partial charge is 0.276 e. The fourth-order valence-electron chi connectivity index (χ4n) is 1.23. The summed E-state index contributed by atoms with van der Waals surface area (Å²) in [5.74, 6) is -0.134. The van der Waals surface area contributed by atoms with Crippen LogP contribution in [0.25, 0.3) is 6.08 Å². The summed E-state index contributed by atoms with van der Waals surface area (Å²) >= 11 is 4.94. The molecule has 5 heteroatoms. The molecule has 2 rings (SSSR count). The molecule has 1 saturated heterocycles. The molecule has 0 saturated carbocycles. The molecule has 4 nitrogen and oxygen atoms in total. The van der Waals surface area contributed by atoms with Crippen LogP contribution < -0.4 is 5.32 Å². The van der Waals surface area contributed by atoms with Gasteiger partial charge in [-0.25, -0.2) is 0 Å². The Hall–Kier alpha value is -1.75. The molecule has 1 aliphatic rings. The fraction of sp³-hybridized carbons (Fsp3) is 0.100. The summed E-state index contributed by atoms with van der Waals surface area (Å²) in [6.45, 7) is 0. The summed E-state index contributed by atoms with van der Waals surface area (Å²) < 4.78 is 0. The normalized spacial score (nSPS) is 18.5. The second-order valence-electron chi connectivity index (χ2n) is 3.11. The molecule has 0 aromatic carbocycles. The van der Waals surface area contributed by atoms with E-state index in [1.54, 1.807) is 19.3 Å². The van der Waals surface area contributed by atoms with Crippen molar-refractivity contribution in [2.24, 2.45) is 0 Å². The summed E-state index contributed by atoms with van der Waals surface area (Å²) in [6.07, 6.45) is 3.35. The van der Waals surface area contributed by atoms with Crippen LogP contribution in [-0.2, 0) is 4.79 Å². The first kappa shape index (κ1) is 9.79. The maximum absolute atomic E-state index is 11.6. The molecule has 0 bridgehead atoms. The van der Waals surface area contributed by atoms with E-state index < -0.39 is 0 Å². The molecule has 0 atom stereocenters. The molecule has 76 valence electrons. The quantitative estimate of drug-likeness (QED) is 0.560. The van der Waals surface area contributed by atoms with E-state index in [9.17, 15) is 4.79 Å². The van der Waals surface area contributed by atoms with Crippen molar-refractivity contribution in [2.75, 3.05) is 7.05 Å². The Morgan fingerprint density at radius 3 is 2.87 bits per heavy atom. The van der Waals surface area contributed by atoms with E-state index in [2.05, 4.69) is 10.3 Å². The van der Waals surface area contributed by atoms with Crippen molar-refractivity contribution in [3.63, 3.8) is 0 Å². The van der Waals surface area contributed by atoms with Crippen molar-refractivity contribution in [3.05, 3.63) is 35.8 Å². The van der Waals surface area contributed by atoms with E-state index in [1.807, 2.05) is 18.2 Å². The van der Waals surface area contributed by atoms with E-state index in [4.69, 9.17) is 12.2 Å². The minimum atomic E-state index is -0.134. The molecule has 0 spiro atoms. The molecular weight excluding hydrogens is 210 g/mol. The highest BCUT2D eigenvalue weighted by Crippen LogP contribution is 2.10. The van der Waals surface area contributed by atoms with Crippen LogP contribution in [-0.4, -0.2) is 28.0 Å². The van der Waals surface area contributed by atoms with Gasteiger partial charge in [-0.05, 0) is 30.4 Å². The first-order chi connectivity index (χ1) is 7.18. The fourth-order valence-corrected chi connectivity index (χ4v) is 1.43. The number of hydrogen-bond donors (Lipinski definition) is 1. The van der Waals surface area contributed by atoms with Crippen LogP contribution in [0.1, 0.15) is 5.69 Å². The number of carbonyl (C=O) groups is 1. The second kappa shape index (κ2) is 3.78. The Kier molecular flexibility index (Phi) is 2.47. The molecule has 1 aromatic rings. The van der Waals surface area contributed by atoms with Gasteiger partial charge in [-0.3, -0.25) is 14.7 Å². The third kappa shape index (κ3) is 1.87. The predicted octanol–water partition coefficient (Wildman–Crippen LogP) is 0.769. The lowest BCUT2D eigenvalue weighted by molar-refractivity contribution is -0.121. The standard InChI is InChI=1S/C10H9N3OS/c1-13-9(14)8(12-10(13)15)6-7-4-2-3-5-11-7/h2-6H,1H3,(H,12,15). The molecule has 1 aliphatic heterocycles. The summed E-state index contributed by atoms with van der Waals surface area (Å²) in [7, 11) is 1.64. The molecule has 0 aliphatic carbocycles. The van der Waals surface area contributed by atoms with E-state index in [1.165, 1.54) is 4.90 Å². The topological polar surface area (TPSA) is 45.2 Å². The van der Waals surface area contributed by atoms with Gasteiger partial charge in [0.15, 0.2) is 5.11 Å². The third-order valence-corrected chi connectivity index (χ3v) is 2.44. The van der Waals surface area contributed by atoms with Gasteiger partial charge in [0.1, 0.15) is 5.70 Å². The zero-order valence-electron chi connectivity index (χ0n) is 8.10. The Morgan fingerprint density at radius 2 is 2.33 bits per heavy atom. The van der Waals surface area contributed by atoms with Crippen molar-refractivity contribution < 1.29 is 4.79 Å². The number of amides is 1. The van der Waals surface area contributed by atoms with Crippen molar-refractivity contribution in [1.29, 1.82) is 0 Å². The van der Waals surface area contributed by atoms with Gasteiger partial charge in [-0.2, -0.15) is 0 Å². The monoisotopic (exact) mass is 219 g/mol. The average Bonchev–Trinajstić information content (AvgIpc) is 2.48. The Labute approximate surface area is 92.6 Å². The summed E-state index contributed by atoms with van der Waals surface area (Å²) in [4.78, 5) is 17.1. The number of carbonyl (C=O) groups excluding carboxylic acids is 1. The average molecular weight is 219 g/mol. The number of rotatable bonds is 1. The number of aromatic nitrogens is 1. The molecule has 15 heavy (non-hydrogen) atoms. The molecule has 1 amide bonds. The van der Waals surface area contributed by atoms with Gasteiger partial charge in [-0.1, -0.05) is 6.07 Å². The van der Waals surface area contributed by atoms with Crippen molar-refractivity contribution >= 4 is 29.3 Å². The zero-order chi connectivity index (χ0) is 10.8. The minimum absolute atomic E-state index is 0.134. The van der Waals surface area contributed by atoms with E-state index in [0.717, 1.165) is 5.69 Å². The van der Waals surface area contributed by atoms with Crippen molar-refractivity contribution in [1.82, 2.24) is 15.2 Å². The van der Waals surface area contributed by atoms with Gasteiger partial charge in [0.25, 0.3) is 5.91 Å². The molecule has 2 heterocycles. The minimum Gasteiger partial charge on any atom is -0.328 e. The van der Waals surface area contributed by atoms with Crippen LogP contribution in [0.2, 0.25) is 0 Å². The highest BCUT2D eigenvalue weighted by molar-refractivity contribution is 7.80. The van der Waals surface area contributed by atoms with Crippen LogP contribution in [0.15, 0.2) is 30.1 Å². The molecular formula is C10H9N3OS. The summed E-state index contributed by atoms with van der Waals surface area (Å²) in [5.41, 5.74) is 1.19. The third-order valence-electron chi connectivity index (χ3n) is 2.06. The van der Waals surface area contributed by atoms with Crippen LogP contribution >= 0.6 is 12.2 Å². The number of nitrogens with one attached hydrogen (secondary N) is 1. The van der Waals surface area contributed by atoms with Gasteiger partial charge in [-0.15, -0.1) is 0 Å². The van der Waals surface area contributed by atoms with E-state index >= 15 is 0 Å². The lowest BCUT2D eigenvalue weighted by Gasteiger charge is -2.02. The maximum atomic E-state index is 11.6. The van der Waals surface area contributed by atoms with Crippen molar-refractivity contribution in [2.45, 2.75) is 0 Å². The highest BCUT2D eigenvalue weighted by Gasteiger charge is 2.26. The van der Waals surface area contributed by atoms with Crippen LogP contribution in [0.3, 0.4) is 0 Å². The molecule has 1 N–H and O–H groups in total. The van der Waals surface area contributed by atoms with Gasteiger partial charge in [0.2, 0.25) is 0 Å². The zero-order valence-corrected chi connectivity index (χ0v) is 8.91. The number of nitrogens with zero attached hydrogens (tertiary/aromatic N) is 2. The van der Waals surface area contributed by atoms with Gasteiger partial charge < -0.3 is 5.32 Å². The number of pyridine rings is 1. The van der Waals surface area contributed by atoms with Gasteiger partial charge >= 0.3 is 0 Å². The predicted molar refractivity (Wildman–Crippen MR) is 60.7 cm³/mol. The number of hydrogen-bond acceptors (Lipinski definition) is 3. The van der Waals surface area contributed by atoms with Gasteiger partial charge in [0, 0.05) is 13.2 Å². The summed E-state index contributed by atoms with van der Waals surface area (Å²) in [5, 5.41) is 3.25. The van der Waals surface area contributed by atoms with E-state index in [0.29, 0.717) is 10.8 Å². The largest absolute Gasteiger partial charge is 0.328 e. The first-order valence-electron chi connectivity index (χ1n) is 4.40. The Balaban J connectivity index is 2.30. The second-order valence-corrected chi connectivity index (χ2v) is 3.49. The lowest BCUT2D eigenvalue weighted by atomic mass is 10.3. The Morgan fingerprint density at radius 1 is 1.53 bits per heavy atom. The Bertz CT molecular complexity index is 441. The van der Waals surface area contributed by atoms with Crippen LogP contribution in [0.4, 0.5) is 0 Å². The van der Waals surface area contributed by atoms with E-state index in [-0.39, 0.29) is 5.91 Å². The first-order valence-corrected chi connectivity index (χ1v) is 4.81. The van der Waals surface area contributed by atoms with Gasteiger partial charge in [0.05, 0.1) is 5.69 Å². The molecule has 0 unspecified atom stereocenters. The molecule has 1 aromatic heterocycles.